The number of aromatic nitrogens is 2. The lowest BCUT2D eigenvalue weighted by Crippen LogP contribution is -2.52. The first kappa shape index (κ1) is 15.7. The van der Waals surface area contributed by atoms with E-state index in [-0.39, 0.29) is 6.04 Å². The Labute approximate surface area is 124 Å². The summed E-state index contributed by atoms with van der Waals surface area (Å²) < 4.78 is 13.2. The van der Waals surface area contributed by atoms with Gasteiger partial charge in [-0.2, -0.15) is 5.10 Å². The first-order valence-electron chi connectivity index (χ1n) is 6.98. The van der Waals surface area contributed by atoms with E-state index in [2.05, 4.69) is 17.4 Å². The van der Waals surface area contributed by atoms with Crippen LogP contribution in [0.15, 0.2) is 6.20 Å². The summed E-state index contributed by atoms with van der Waals surface area (Å²) in [5, 5.41) is 4.95. The minimum atomic E-state index is -0.415. The van der Waals surface area contributed by atoms with Crippen molar-refractivity contribution in [2.45, 2.75) is 44.4 Å². The molecule has 0 amide bonds. The van der Waals surface area contributed by atoms with E-state index in [0.29, 0.717) is 18.2 Å². The number of nitrogens with zero attached hydrogens (tertiary/aromatic N) is 2. The molecule has 1 atom stereocenters. The average Bonchev–Trinajstić information content (AvgIpc) is 2.83. The van der Waals surface area contributed by atoms with Crippen molar-refractivity contribution in [3.63, 3.8) is 0 Å². The van der Waals surface area contributed by atoms with Crippen molar-refractivity contribution < 1.29 is 9.47 Å². The van der Waals surface area contributed by atoms with E-state index < -0.39 is 5.60 Å². The summed E-state index contributed by atoms with van der Waals surface area (Å²) in [5.41, 5.74) is 3.35. The van der Waals surface area contributed by atoms with Crippen LogP contribution >= 0.6 is 11.6 Å². The Morgan fingerprint density at radius 2 is 2.30 bits per heavy atom. The van der Waals surface area contributed by atoms with E-state index in [9.17, 15) is 0 Å². The molecule has 0 aromatic carbocycles. The Morgan fingerprint density at radius 3 is 2.85 bits per heavy atom. The van der Waals surface area contributed by atoms with E-state index in [1.54, 1.807) is 13.3 Å². The molecule has 1 aromatic heterocycles. The van der Waals surface area contributed by atoms with E-state index >= 15 is 0 Å². The van der Waals surface area contributed by atoms with E-state index in [4.69, 9.17) is 26.9 Å². The number of halogens is 1. The zero-order valence-corrected chi connectivity index (χ0v) is 12.8. The van der Waals surface area contributed by atoms with Crippen LogP contribution in [0.1, 0.15) is 37.9 Å². The van der Waals surface area contributed by atoms with E-state index in [1.165, 1.54) is 0 Å². The topological polar surface area (TPSA) is 74.3 Å². The van der Waals surface area contributed by atoms with Crippen LogP contribution in [0.4, 0.5) is 0 Å². The maximum absolute atomic E-state index is 6.33. The number of nitrogens with two attached hydrogens (primary N) is 1. The van der Waals surface area contributed by atoms with Gasteiger partial charge in [0, 0.05) is 39.7 Å². The number of hydrogen-bond acceptors (Lipinski definition) is 5. The fourth-order valence-electron chi connectivity index (χ4n) is 2.86. The Hall–Kier alpha value is -0.660. The first-order chi connectivity index (χ1) is 9.68. The number of hydrogen-bond donors (Lipinski definition) is 2. The van der Waals surface area contributed by atoms with Crippen LogP contribution in [0.25, 0.3) is 0 Å². The van der Waals surface area contributed by atoms with Gasteiger partial charge < -0.3 is 9.47 Å². The van der Waals surface area contributed by atoms with Gasteiger partial charge in [0.1, 0.15) is 0 Å². The number of ether oxygens (including phenoxy) is 2. The molecule has 20 heavy (non-hydrogen) atoms. The molecular formula is C13H23ClN4O2. The lowest BCUT2D eigenvalue weighted by atomic mass is 9.84. The van der Waals surface area contributed by atoms with Gasteiger partial charge in [-0.3, -0.25) is 10.5 Å². The largest absolute Gasteiger partial charge is 0.381 e. The third-order valence-electron chi connectivity index (χ3n) is 3.98. The minimum Gasteiger partial charge on any atom is -0.381 e. The fraction of sp³-hybridized carbons (Fsp3) is 0.769. The molecule has 1 unspecified atom stereocenters. The van der Waals surface area contributed by atoms with Crippen LogP contribution in [0.2, 0.25) is 5.02 Å². The van der Waals surface area contributed by atoms with Crippen molar-refractivity contribution in [1.82, 2.24) is 15.2 Å². The minimum absolute atomic E-state index is 0.210. The molecule has 3 N–H and O–H groups in total. The fourth-order valence-corrected chi connectivity index (χ4v) is 3.11. The first-order valence-corrected chi connectivity index (χ1v) is 7.36. The highest BCUT2D eigenvalue weighted by molar-refractivity contribution is 6.31. The van der Waals surface area contributed by atoms with E-state index in [0.717, 1.165) is 31.5 Å². The quantitative estimate of drug-likeness (QED) is 0.617. The molecule has 6 nitrogen and oxygen atoms in total. The Bertz CT molecular complexity index is 432. The third kappa shape index (κ3) is 2.84. The molecule has 1 aromatic rings. The maximum Gasteiger partial charge on any atom is 0.0944 e. The predicted octanol–water partition coefficient (Wildman–Crippen LogP) is 1.65. The molecule has 1 saturated heterocycles. The average molecular weight is 303 g/mol. The highest BCUT2D eigenvalue weighted by Crippen LogP contribution is 2.39. The normalized spacial score (nSPS) is 20.0. The van der Waals surface area contributed by atoms with E-state index in [1.807, 2.05) is 4.68 Å². The van der Waals surface area contributed by atoms with Crippen LogP contribution in [-0.4, -0.2) is 35.7 Å². The number of methoxy groups -OCH3 is 1. The zero-order chi connectivity index (χ0) is 14.6. The summed E-state index contributed by atoms with van der Waals surface area (Å²) in [5.74, 6) is 5.82. The lowest BCUT2D eigenvalue weighted by molar-refractivity contribution is -0.113. The highest BCUT2D eigenvalue weighted by atomic mass is 35.5. The number of aryl methyl sites for hydroxylation is 1. The zero-order valence-electron chi connectivity index (χ0n) is 12.1. The number of hydrazine groups is 1. The molecule has 2 heterocycles. The molecule has 0 spiro atoms. The van der Waals surface area contributed by atoms with Crippen molar-refractivity contribution in [3.8, 4) is 0 Å². The summed E-state index contributed by atoms with van der Waals surface area (Å²) in [4.78, 5) is 0. The molecule has 1 fully saturated rings. The molecule has 0 bridgehead atoms. The molecule has 0 radical (unpaired) electrons. The van der Waals surface area contributed by atoms with Gasteiger partial charge in [0.05, 0.1) is 28.6 Å². The third-order valence-corrected chi connectivity index (χ3v) is 4.27. The van der Waals surface area contributed by atoms with Gasteiger partial charge in [-0.05, 0) is 6.42 Å². The summed E-state index contributed by atoms with van der Waals surface area (Å²) in [6.45, 7) is 4.22. The van der Waals surface area contributed by atoms with Gasteiger partial charge >= 0.3 is 0 Å². The predicted molar refractivity (Wildman–Crippen MR) is 77.4 cm³/mol. The monoisotopic (exact) mass is 302 g/mol. The van der Waals surface area contributed by atoms with Gasteiger partial charge in [-0.1, -0.05) is 18.5 Å². The molecule has 114 valence electrons. The van der Waals surface area contributed by atoms with Gasteiger partial charge in [0.25, 0.3) is 0 Å². The molecule has 1 aliphatic rings. The van der Waals surface area contributed by atoms with Crippen molar-refractivity contribution in [2.75, 3.05) is 20.3 Å². The van der Waals surface area contributed by atoms with Gasteiger partial charge in [0.2, 0.25) is 0 Å². The Balaban J connectivity index is 2.37. The van der Waals surface area contributed by atoms with Crippen molar-refractivity contribution in [1.29, 1.82) is 0 Å². The van der Waals surface area contributed by atoms with Gasteiger partial charge in [-0.25, -0.2) is 5.43 Å². The summed E-state index contributed by atoms with van der Waals surface area (Å²) in [6.07, 6.45) is 4.18. The molecule has 0 aliphatic carbocycles. The number of nitrogens with one attached hydrogen (secondary N) is 1. The standard InChI is InChI=1S/C13H23ClN4O2/c1-3-6-18-11(10(14)9-16-18)12(17-15)13(19-2)4-7-20-8-5-13/h9,12,17H,3-8,15H2,1-2H3. The van der Waals surface area contributed by atoms with Crippen LogP contribution in [0.3, 0.4) is 0 Å². The van der Waals surface area contributed by atoms with Crippen molar-refractivity contribution >= 4 is 11.6 Å². The highest BCUT2D eigenvalue weighted by Gasteiger charge is 2.43. The number of rotatable bonds is 6. The smallest absolute Gasteiger partial charge is 0.0944 e. The molecule has 0 saturated carbocycles. The Kier molecular flexibility index (Phi) is 5.40. The summed E-state index contributed by atoms with van der Waals surface area (Å²) >= 11 is 6.33. The molecule has 7 heteroatoms. The molecule has 2 rings (SSSR count). The van der Waals surface area contributed by atoms with Crippen molar-refractivity contribution in [3.05, 3.63) is 16.9 Å². The van der Waals surface area contributed by atoms with Gasteiger partial charge in [0.15, 0.2) is 0 Å². The SMILES string of the molecule is CCCn1ncc(Cl)c1C(NN)C1(OC)CCOCC1. The van der Waals surface area contributed by atoms with Crippen LogP contribution < -0.4 is 11.3 Å². The summed E-state index contributed by atoms with van der Waals surface area (Å²) in [6, 6.07) is -0.210. The second-order valence-corrected chi connectivity index (χ2v) is 5.49. The van der Waals surface area contributed by atoms with Crippen molar-refractivity contribution in [2.24, 2.45) is 5.84 Å². The van der Waals surface area contributed by atoms with Crippen LogP contribution in [0, 0.1) is 0 Å². The molecule has 1 aliphatic heterocycles. The molecular weight excluding hydrogens is 280 g/mol. The maximum atomic E-state index is 6.33. The second kappa shape index (κ2) is 6.87. The Morgan fingerprint density at radius 1 is 1.60 bits per heavy atom. The van der Waals surface area contributed by atoms with Crippen LogP contribution in [-0.2, 0) is 16.0 Å². The lowest BCUT2D eigenvalue weighted by Gasteiger charge is -2.42. The summed E-state index contributed by atoms with van der Waals surface area (Å²) in [7, 11) is 1.71. The van der Waals surface area contributed by atoms with Crippen LogP contribution in [0.5, 0.6) is 0 Å². The second-order valence-electron chi connectivity index (χ2n) is 5.08. The van der Waals surface area contributed by atoms with Gasteiger partial charge in [-0.15, -0.1) is 0 Å².